The molecular formula is C13H15NO2. The van der Waals surface area contributed by atoms with Crippen LogP contribution in [0.2, 0.25) is 0 Å². The molecule has 0 bridgehead atoms. The van der Waals surface area contributed by atoms with Crippen molar-refractivity contribution < 1.29 is 9.53 Å². The second-order valence-corrected chi connectivity index (χ2v) is 4.47. The Bertz CT molecular complexity index is 440. The summed E-state index contributed by atoms with van der Waals surface area (Å²) in [5, 5.41) is 2.91. The van der Waals surface area contributed by atoms with Crippen LogP contribution in [-0.2, 0) is 17.6 Å². The minimum atomic E-state index is 0.0505. The Hall–Kier alpha value is -1.51. The Morgan fingerprint density at radius 2 is 1.81 bits per heavy atom. The van der Waals surface area contributed by atoms with Crippen molar-refractivity contribution in [3.05, 3.63) is 23.3 Å². The molecule has 1 aliphatic heterocycles. The molecule has 0 spiro atoms. The van der Waals surface area contributed by atoms with Gasteiger partial charge in [0.1, 0.15) is 5.75 Å². The first-order valence-corrected chi connectivity index (χ1v) is 5.91. The van der Waals surface area contributed by atoms with Crippen molar-refractivity contribution in [3.8, 4) is 5.75 Å². The number of carbonyl (C=O) groups excluding carboxylic acids is 1. The molecule has 0 saturated carbocycles. The van der Waals surface area contributed by atoms with Gasteiger partial charge in [0.25, 0.3) is 0 Å². The van der Waals surface area contributed by atoms with Crippen molar-refractivity contribution >= 4 is 11.6 Å². The molecule has 16 heavy (non-hydrogen) atoms. The summed E-state index contributed by atoms with van der Waals surface area (Å²) in [6.45, 7) is 0.484. The maximum absolute atomic E-state index is 11.4. The smallest absolute Gasteiger partial charge is 0.227 e. The molecule has 3 rings (SSSR count). The highest BCUT2D eigenvalue weighted by molar-refractivity contribution is 5.93. The minimum absolute atomic E-state index is 0.0505. The average molecular weight is 217 g/mol. The highest BCUT2D eigenvalue weighted by Gasteiger charge is 2.18. The van der Waals surface area contributed by atoms with Crippen LogP contribution in [0.4, 0.5) is 5.69 Å². The van der Waals surface area contributed by atoms with Gasteiger partial charge in [-0.3, -0.25) is 4.79 Å². The van der Waals surface area contributed by atoms with E-state index in [1.807, 2.05) is 0 Å². The van der Waals surface area contributed by atoms with E-state index in [4.69, 9.17) is 4.74 Å². The van der Waals surface area contributed by atoms with Crippen LogP contribution in [0.5, 0.6) is 5.75 Å². The lowest BCUT2D eigenvalue weighted by Crippen LogP contribution is -2.11. The summed E-state index contributed by atoms with van der Waals surface area (Å²) in [6.07, 6.45) is 5.22. The second-order valence-electron chi connectivity index (χ2n) is 4.47. The molecule has 0 aromatic heterocycles. The first-order valence-electron chi connectivity index (χ1n) is 5.91. The fourth-order valence-electron chi connectivity index (χ4n) is 2.45. The van der Waals surface area contributed by atoms with E-state index in [0.29, 0.717) is 13.0 Å². The Morgan fingerprint density at radius 3 is 2.62 bits per heavy atom. The van der Waals surface area contributed by atoms with Crippen LogP contribution in [0.3, 0.4) is 0 Å². The summed E-state index contributed by atoms with van der Waals surface area (Å²) in [5.74, 6) is 0.890. The Balaban J connectivity index is 2.04. The first kappa shape index (κ1) is 9.70. The quantitative estimate of drug-likeness (QED) is 0.724. The normalized spacial score (nSPS) is 18.9. The predicted octanol–water partition coefficient (Wildman–Crippen LogP) is 2.29. The first-order chi connectivity index (χ1) is 7.83. The molecule has 0 fully saturated rings. The highest BCUT2D eigenvalue weighted by atomic mass is 16.5. The largest absolute Gasteiger partial charge is 0.491 e. The molecular weight excluding hydrogens is 202 g/mol. The van der Waals surface area contributed by atoms with Gasteiger partial charge in [0, 0.05) is 0 Å². The number of anilines is 1. The van der Waals surface area contributed by atoms with Gasteiger partial charge in [0.05, 0.1) is 18.7 Å². The van der Waals surface area contributed by atoms with Crippen molar-refractivity contribution in [2.75, 3.05) is 11.9 Å². The maximum atomic E-state index is 11.4. The van der Waals surface area contributed by atoms with E-state index < -0.39 is 0 Å². The second kappa shape index (κ2) is 3.81. The number of aryl methyl sites for hydroxylation is 2. The molecule has 1 amide bonds. The minimum Gasteiger partial charge on any atom is -0.491 e. The molecule has 1 heterocycles. The number of fused-ring (bicyclic) bond motifs is 2. The van der Waals surface area contributed by atoms with E-state index in [9.17, 15) is 4.79 Å². The number of hydrogen-bond acceptors (Lipinski definition) is 2. The fourth-order valence-corrected chi connectivity index (χ4v) is 2.45. The average Bonchev–Trinajstić information content (AvgIpc) is 2.46. The zero-order valence-electron chi connectivity index (χ0n) is 9.21. The van der Waals surface area contributed by atoms with Gasteiger partial charge in [-0.1, -0.05) is 0 Å². The lowest BCUT2D eigenvalue weighted by molar-refractivity contribution is -0.116. The third-order valence-electron chi connectivity index (χ3n) is 3.30. The van der Waals surface area contributed by atoms with Crippen LogP contribution >= 0.6 is 0 Å². The third-order valence-corrected chi connectivity index (χ3v) is 3.30. The van der Waals surface area contributed by atoms with Crippen LogP contribution in [0.25, 0.3) is 0 Å². The SMILES string of the molecule is O=C1CCOc2cc3c(cc2N1)CCCC3. The number of hydrogen-bond donors (Lipinski definition) is 1. The van der Waals surface area contributed by atoms with Crippen LogP contribution in [-0.4, -0.2) is 12.5 Å². The molecule has 0 unspecified atom stereocenters. The van der Waals surface area contributed by atoms with Gasteiger partial charge < -0.3 is 10.1 Å². The van der Waals surface area contributed by atoms with Crippen LogP contribution in [0, 0.1) is 0 Å². The molecule has 0 atom stereocenters. The Kier molecular flexibility index (Phi) is 2.31. The summed E-state index contributed by atoms with van der Waals surface area (Å²) in [6, 6.07) is 4.20. The van der Waals surface area contributed by atoms with Gasteiger partial charge >= 0.3 is 0 Å². The van der Waals surface area contributed by atoms with Gasteiger partial charge in [0.2, 0.25) is 5.91 Å². The number of carbonyl (C=O) groups is 1. The Morgan fingerprint density at radius 1 is 1.06 bits per heavy atom. The lowest BCUT2D eigenvalue weighted by atomic mass is 9.91. The van der Waals surface area contributed by atoms with Crippen molar-refractivity contribution in [2.45, 2.75) is 32.1 Å². The summed E-state index contributed by atoms with van der Waals surface area (Å²) >= 11 is 0. The fraction of sp³-hybridized carbons (Fsp3) is 0.462. The predicted molar refractivity (Wildman–Crippen MR) is 61.8 cm³/mol. The van der Waals surface area contributed by atoms with Crippen molar-refractivity contribution in [2.24, 2.45) is 0 Å². The zero-order chi connectivity index (χ0) is 11.0. The molecule has 3 nitrogen and oxygen atoms in total. The summed E-state index contributed by atoms with van der Waals surface area (Å²) in [5.41, 5.74) is 3.61. The van der Waals surface area contributed by atoms with E-state index >= 15 is 0 Å². The number of rotatable bonds is 0. The number of ether oxygens (including phenoxy) is 1. The maximum Gasteiger partial charge on any atom is 0.227 e. The van der Waals surface area contributed by atoms with Crippen molar-refractivity contribution in [3.63, 3.8) is 0 Å². The van der Waals surface area contributed by atoms with Crippen molar-refractivity contribution in [1.29, 1.82) is 0 Å². The molecule has 1 aromatic rings. The Labute approximate surface area is 94.8 Å². The van der Waals surface area contributed by atoms with Gasteiger partial charge in [-0.15, -0.1) is 0 Å². The van der Waals surface area contributed by atoms with Crippen LogP contribution in [0.15, 0.2) is 12.1 Å². The standard InChI is InChI=1S/C13H15NO2/c15-13-5-6-16-12-8-10-4-2-1-3-9(10)7-11(12)14-13/h7-8H,1-6H2,(H,14,15). The van der Waals surface area contributed by atoms with Gasteiger partial charge in [0.15, 0.2) is 0 Å². The van der Waals surface area contributed by atoms with E-state index in [0.717, 1.165) is 24.3 Å². The summed E-state index contributed by atoms with van der Waals surface area (Å²) in [7, 11) is 0. The van der Waals surface area contributed by atoms with Crippen molar-refractivity contribution in [1.82, 2.24) is 0 Å². The molecule has 1 N–H and O–H groups in total. The zero-order valence-corrected chi connectivity index (χ0v) is 9.21. The van der Waals surface area contributed by atoms with Gasteiger partial charge in [-0.25, -0.2) is 0 Å². The van der Waals surface area contributed by atoms with Crippen LogP contribution in [0.1, 0.15) is 30.4 Å². The summed E-state index contributed by atoms with van der Waals surface area (Å²) in [4.78, 5) is 11.4. The number of nitrogens with one attached hydrogen (secondary N) is 1. The van der Waals surface area contributed by atoms with E-state index in [-0.39, 0.29) is 5.91 Å². The molecule has 3 heteroatoms. The van der Waals surface area contributed by atoms with E-state index in [2.05, 4.69) is 17.4 Å². The monoisotopic (exact) mass is 217 g/mol. The molecule has 84 valence electrons. The summed E-state index contributed by atoms with van der Waals surface area (Å²) < 4.78 is 5.60. The highest BCUT2D eigenvalue weighted by Crippen LogP contribution is 2.33. The third kappa shape index (κ3) is 1.66. The number of amides is 1. The van der Waals surface area contributed by atoms with E-state index in [1.165, 1.54) is 24.0 Å². The molecule has 0 radical (unpaired) electrons. The molecule has 0 saturated heterocycles. The number of benzene rings is 1. The topological polar surface area (TPSA) is 38.3 Å². The molecule has 1 aliphatic carbocycles. The molecule has 1 aromatic carbocycles. The molecule has 2 aliphatic rings. The lowest BCUT2D eigenvalue weighted by Gasteiger charge is -2.18. The van der Waals surface area contributed by atoms with Crippen LogP contribution < -0.4 is 10.1 Å². The van der Waals surface area contributed by atoms with Gasteiger partial charge in [-0.2, -0.15) is 0 Å². The van der Waals surface area contributed by atoms with Gasteiger partial charge in [-0.05, 0) is 48.9 Å². The van der Waals surface area contributed by atoms with E-state index in [1.54, 1.807) is 0 Å².